The number of carboxylic acids is 1. The maximum Gasteiger partial charge on any atom is 0.321 e. The molecule has 1 aliphatic heterocycles. The van der Waals surface area contributed by atoms with Crippen LogP contribution in [0.15, 0.2) is 24.3 Å². The number of nitrogens with zero attached hydrogens (tertiary/aromatic N) is 5. The van der Waals surface area contributed by atoms with Crippen LogP contribution >= 0.6 is 0 Å². The molecular weight excluding hydrogens is 324 g/mol. The third kappa shape index (κ3) is 3.44. The zero-order valence-electron chi connectivity index (χ0n) is 14.1. The minimum Gasteiger partial charge on any atom is -0.481 e. The number of rotatable bonds is 4. The summed E-state index contributed by atoms with van der Waals surface area (Å²) in [5.74, 6) is -0.809. The molecule has 1 aromatic heterocycles. The van der Waals surface area contributed by atoms with E-state index < -0.39 is 11.9 Å². The average molecular weight is 344 g/mol. The third-order valence-corrected chi connectivity index (χ3v) is 4.22. The number of para-hydroxylation sites is 1. The fourth-order valence-electron chi connectivity index (χ4n) is 2.85. The van der Waals surface area contributed by atoms with Crippen molar-refractivity contribution in [1.82, 2.24) is 25.1 Å². The predicted octanol–water partition coefficient (Wildman–Crippen LogP) is 1.86. The summed E-state index contributed by atoms with van der Waals surface area (Å²) in [6.07, 6.45) is 0.468. The second kappa shape index (κ2) is 6.88. The number of amides is 2. The van der Waals surface area contributed by atoms with Crippen molar-refractivity contribution in [3.05, 3.63) is 24.3 Å². The Morgan fingerprint density at radius 2 is 2.08 bits per heavy atom. The van der Waals surface area contributed by atoms with Gasteiger partial charge in [-0.25, -0.2) is 9.48 Å². The molecule has 1 saturated heterocycles. The average Bonchev–Trinajstić information content (AvgIpc) is 3.25. The fourth-order valence-corrected chi connectivity index (χ4v) is 2.85. The van der Waals surface area contributed by atoms with E-state index in [9.17, 15) is 9.59 Å². The SMILES string of the molecule is CC(C)n1nnnc1-c1ccccc1NC(=O)N1CCC(C(=O)O)C1. The summed E-state index contributed by atoms with van der Waals surface area (Å²) in [4.78, 5) is 25.1. The maximum atomic E-state index is 12.5. The topological polar surface area (TPSA) is 113 Å². The summed E-state index contributed by atoms with van der Waals surface area (Å²) in [6.45, 7) is 4.58. The third-order valence-electron chi connectivity index (χ3n) is 4.22. The number of likely N-dealkylation sites (tertiary alicyclic amines) is 1. The number of carboxylic acid groups (broad SMARTS) is 1. The highest BCUT2D eigenvalue weighted by Gasteiger charge is 2.31. The molecule has 9 nitrogen and oxygen atoms in total. The molecule has 9 heteroatoms. The molecule has 1 fully saturated rings. The van der Waals surface area contributed by atoms with Gasteiger partial charge >= 0.3 is 12.0 Å². The Bertz CT molecular complexity index is 788. The molecule has 2 heterocycles. The molecule has 2 aromatic rings. The lowest BCUT2D eigenvalue weighted by Gasteiger charge is -2.18. The first kappa shape index (κ1) is 16.9. The lowest BCUT2D eigenvalue weighted by molar-refractivity contribution is -0.141. The van der Waals surface area contributed by atoms with Crippen LogP contribution in [0.2, 0.25) is 0 Å². The molecule has 3 rings (SSSR count). The number of tetrazole rings is 1. The van der Waals surface area contributed by atoms with Gasteiger partial charge in [0.25, 0.3) is 0 Å². The summed E-state index contributed by atoms with van der Waals surface area (Å²) in [6, 6.07) is 7.03. The minimum atomic E-state index is -0.869. The van der Waals surface area contributed by atoms with Crippen LogP contribution in [0, 0.1) is 5.92 Å². The highest BCUT2D eigenvalue weighted by Crippen LogP contribution is 2.28. The van der Waals surface area contributed by atoms with Crippen LogP contribution in [0.25, 0.3) is 11.4 Å². The van der Waals surface area contributed by atoms with E-state index in [2.05, 4.69) is 20.8 Å². The largest absolute Gasteiger partial charge is 0.481 e. The lowest BCUT2D eigenvalue weighted by Crippen LogP contribution is -2.34. The van der Waals surface area contributed by atoms with Crippen molar-refractivity contribution < 1.29 is 14.7 Å². The molecule has 1 aliphatic rings. The van der Waals surface area contributed by atoms with Crippen molar-refractivity contribution in [1.29, 1.82) is 0 Å². The number of carbonyl (C=O) groups is 2. The molecule has 1 aromatic carbocycles. The molecule has 0 spiro atoms. The minimum absolute atomic E-state index is 0.0728. The van der Waals surface area contributed by atoms with Gasteiger partial charge in [-0.2, -0.15) is 0 Å². The normalized spacial score (nSPS) is 17.1. The number of benzene rings is 1. The van der Waals surface area contributed by atoms with Crippen molar-refractivity contribution >= 4 is 17.7 Å². The van der Waals surface area contributed by atoms with Gasteiger partial charge in [-0.3, -0.25) is 4.79 Å². The van der Waals surface area contributed by atoms with Crippen LogP contribution in [-0.2, 0) is 4.79 Å². The zero-order valence-corrected chi connectivity index (χ0v) is 14.1. The van der Waals surface area contributed by atoms with Crippen molar-refractivity contribution in [3.8, 4) is 11.4 Å². The molecule has 0 aliphatic carbocycles. The Hall–Kier alpha value is -2.97. The summed E-state index contributed by atoms with van der Waals surface area (Å²) in [5.41, 5.74) is 1.30. The second-order valence-electron chi connectivity index (χ2n) is 6.29. The number of hydrogen-bond acceptors (Lipinski definition) is 5. The van der Waals surface area contributed by atoms with E-state index in [1.165, 1.54) is 4.90 Å². The quantitative estimate of drug-likeness (QED) is 0.875. The van der Waals surface area contributed by atoms with Crippen LogP contribution in [-0.4, -0.2) is 55.3 Å². The Morgan fingerprint density at radius 1 is 1.32 bits per heavy atom. The first-order chi connectivity index (χ1) is 12.0. The van der Waals surface area contributed by atoms with E-state index in [-0.39, 0.29) is 18.6 Å². The van der Waals surface area contributed by atoms with Gasteiger partial charge in [0.05, 0.1) is 17.6 Å². The van der Waals surface area contributed by atoms with E-state index in [1.54, 1.807) is 10.7 Å². The molecule has 0 bridgehead atoms. The summed E-state index contributed by atoms with van der Waals surface area (Å²) in [5, 5.41) is 23.7. The Labute approximate surface area is 144 Å². The number of urea groups is 1. The van der Waals surface area contributed by atoms with Gasteiger partial charge in [-0.15, -0.1) is 5.10 Å². The number of aliphatic carboxylic acids is 1. The maximum absolute atomic E-state index is 12.5. The number of nitrogens with one attached hydrogen (secondary N) is 1. The Kier molecular flexibility index (Phi) is 4.64. The van der Waals surface area contributed by atoms with Gasteiger partial charge in [0.15, 0.2) is 5.82 Å². The lowest BCUT2D eigenvalue weighted by atomic mass is 10.1. The zero-order chi connectivity index (χ0) is 18.0. The first-order valence-corrected chi connectivity index (χ1v) is 8.13. The molecule has 0 radical (unpaired) electrons. The number of aromatic nitrogens is 4. The smallest absolute Gasteiger partial charge is 0.321 e. The Morgan fingerprint density at radius 3 is 2.76 bits per heavy atom. The van der Waals surface area contributed by atoms with E-state index in [4.69, 9.17) is 5.11 Å². The number of anilines is 1. The predicted molar refractivity (Wildman–Crippen MR) is 90.0 cm³/mol. The van der Waals surface area contributed by atoms with Crippen molar-refractivity contribution in [2.75, 3.05) is 18.4 Å². The molecular formula is C16H20N6O3. The molecule has 0 saturated carbocycles. The van der Waals surface area contributed by atoms with E-state index in [0.717, 1.165) is 0 Å². The van der Waals surface area contributed by atoms with Crippen molar-refractivity contribution in [2.24, 2.45) is 5.92 Å². The van der Waals surface area contributed by atoms with Crippen LogP contribution in [0.3, 0.4) is 0 Å². The monoisotopic (exact) mass is 344 g/mol. The summed E-state index contributed by atoms with van der Waals surface area (Å²) in [7, 11) is 0. The first-order valence-electron chi connectivity index (χ1n) is 8.13. The van der Waals surface area contributed by atoms with Gasteiger partial charge in [-0.05, 0) is 42.8 Å². The molecule has 1 atom stereocenters. The summed E-state index contributed by atoms with van der Waals surface area (Å²) >= 11 is 0. The summed E-state index contributed by atoms with van der Waals surface area (Å²) < 4.78 is 1.68. The molecule has 2 amide bonds. The van der Waals surface area contributed by atoms with Gasteiger partial charge in [-0.1, -0.05) is 12.1 Å². The van der Waals surface area contributed by atoms with Crippen LogP contribution in [0.4, 0.5) is 10.5 Å². The number of carbonyl (C=O) groups excluding carboxylic acids is 1. The molecule has 2 N–H and O–H groups in total. The van der Waals surface area contributed by atoms with Crippen LogP contribution < -0.4 is 5.32 Å². The van der Waals surface area contributed by atoms with Gasteiger partial charge in [0.2, 0.25) is 0 Å². The fraction of sp³-hybridized carbons (Fsp3) is 0.438. The molecule has 132 valence electrons. The van der Waals surface area contributed by atoms with Crippen molar-refractivity contribution in [2.45, 2.75) is 26.3 Å². The van der Waals surface area contributed by atoms with Gasteiger partial charge in [0, 0.05) is 18.7 Å². The molecule has 1 unspecified atom stereocenters. The van der Waals surface area contributed by atoms with Crippen LogP contribution in [0.5, 0.6) is 0 Å². The van der Waals surface area contributed by atoms with Crippen LogP contribution in [0.1, 0.15) is 26.3 Å². The van der Waals surface area contributed by atoms with E-state index in [1.807, 2.05) is 32.0 Å². The van der Waals surface area contributed by atoms with E-state index >= 15 is 0 Å². The van der Waals surface area contributed by atoms with Gasteiger partial charge < -0.3 is 15.3 Å². The standard InChI is InChI=1S/C16H20N6O3/c1-10(2)22-14(18-19-20-22)12-5-3-4-6-13(12)17-16(25)21-8-7-11(9-21)15(23)24/h3-6,10-11H,7-9H2,1-2H3,(H,17,25)(H,23,24). The highest BCUT2D eigenvalue weighted by atomic mass is 16.4. The Balaban J connectivity index is 1.81. The van der Waals surface area contributed by atoms with E-state index in [0.29, 0.717) is 30.0 Å². The molecule has 25 heavy (non-hydrogen) atoms. The van der Waals surface area contributed by atoms with Gasteiger partial charge in [0.1, 0.15) is 0 Å². The highest BCUT2D eigenvalue weighted by molar-refractivity contribution is 5.94. The second-order valence-corrected chi connectivity index (χ2v) is 6.29. The van der Waals surface area contributed by atoms with Crippen molar-refractivity contribution in [3.63, 3.8) is 0 Å². The number of hydrogen-bond donors (Lipinski definition) is 2.